The van der Waals surface area contributed by atoms with Gasteiger partial charge in [0.25, 0.3) is 0 Å². The molecule has 0 radical (unpaired) electrons. The van der Waals surface area contributed by atoms with Crippen LogP contribution in [0.25, 0.3) is 6.08 Å². The van der Waals surface area contributed by atoms with E-state index in [0.717, 1.165) is 19.5 Å². The van der Waals surface area contributed by atoms with Crippen molar-refractivity contribution in [3.8, 4) is 0 Å². The van der Waals surface area contributed by atoms with Crippen molar-refractivity contribution in [2.45, 2.75) is 38.1 Å². The zero-order valence-corrected chi connectivity index (χ0v) is 14.8. The molecule has 5 heteroatoms. The molecule has 1 heterocycles. The largest absolute Gasteiger partial charge is 0.297 e. The van der Waals surface area contributed by atoms with E-state index in [2.05, 4.69) is 46.0 Å². The summed E-state index contributed by atoms with van der Waals surface area (Å²) in [5.74, 6) is 0. The van der Waals surface area contributed by atoms with E-state index in [-0.39, 0.29) is 0 Å². The number of hydrogen-bond donors (Lipinski definition) is 1. The van der Waals surface area contributed by atoms with E-state index in [1.54, 1.807) is 0 Å². The molecule has 23 heavy (non-hydrogen) atoms. The van der Waals surface area contributed by atoms with Gasteiger partial charge in [-0.05, 0) is 37.9 Å². The number of nitrogens with one attached hydrogen (secondary N) is 1. The third kappa shape index (κ3) is 7.29. The normalized spacial score (nSPS) is 20.7. The monoisotopic (exact) mass is 336 g/mol. The van der Waals surface area contributed by atoms with Crippen molar-refractivity contribution in [2.75, 3.05) is 25.9 Å². The maximum Gasteiger partial charge on any atom is 0.208 e. The lowest BCUT2D eigenvalue weighted by molar-refractivity contribution is 0.233. The van der Waals surface area contributed by atoms with Crippen LogP contribution in [0.15, 0.2) is 36.4 Å². The Kier molecular flexibility index (Phi) is 7.27. The van der Waals surface area contributed by atoms with E-state index in [4.69, 9.17) is 0 Å². The van der Waals surface area contributed by atoms with Gasteiger partial charge in [-0.25, -0.2) is 13.1 Å². The molecule has 1 fully saturated rings. The highest BCUT2D eigenvalue weighted by atomic mass is 32.2. The zero-order chi connectivity index (χ0) is 16.5. The highest BCUT2D eigenvalue weighted by Gasteiger charge is 2.18. The molecule has 1 saturated heterocycles. The van der Waals surface area contributed by atoms with Crippen molar-refractivity contribution in [1.29, 1.82) is 0 Å². The minimum Gasteiger partial charge on any atom is -0.297 e. The lowest BCUT2D eigenvalue weighted by Crippen LogP contribution is -2.36. The first-order valence-corrected chi connectivity index (χ1v) is 10.4. The van der Waals surface area contributed by atoms with Gasteiger partial charge in [0.15, 0.2) is 0 Å². The van der Waals surface area contributed by atoms with E-state index >= 15 is 0 Å². The number of rotatable bonds is 7. The van der Waals surface area contributed by atoms with Crippen molar-refractivity contribution < 1.29 is 8.42 Å². The molecule has 1 aromatic carbocycles. The molecule has 0 aliphatic carbocycles. The fourth-order valence-corrected chi connectivity index (χ4v) is 3.53. The van der Waals surface area contributed by atoms with Crippen LogP contribution >= 0.6 is 0 Å². The zero-order valence-electron chi connectivity index (χ0n) is 13.9. The van der Waals surface area contributed by atoms with E-state index in [9.17, 15) is 8.42 Å². The maximum atomic E-state index is 11.1. The smallest absolute Gasteiger partial charge is 0.208 e. The molecule has 128 valence electrons. The summed E-state index contributed by atoms with van der Waals surface area (Å²) in [5.41, 5.74) is 1.23. The van der Waals surface area contributed by atoms with Crippen LogP contribution in [0.3, 0.4) is 0 Å². The van der Waals surface area contributed by atoms with Crippen LogP contribution in [0.1, 0.15) is 37.7 Å². The Balaban J connectivity index is 1.90. The molecule has 0 amide bonds. The van der Waals surface area contributed by atoms with Crippen LogP contribution in [-0.4, -0.2) is 45.2 Å². The summed E-state index contributed by atoms with van der Waals surface area (Å²) in [6.07, 6.45) is 11.5. The minimum atomic E-state index is -3.08. The Morgan fingerprint density at radius 3 is 2.74 bits per heavy atom. The van der Waals surface area contributed by atoms with Gasteiger partial charge in [0, 0.05) is 12.6 Å². The summed E-state index contributed by atoms with van der Waals surface area (Å²) in [4.78, 5) is 2.50. The van der Waals surface area contributed by atoms with E-state index < -0.39 is 10.0 Å². The van der Waals surface area contributed by atoms with Gasteiger partial charge in [0.1, 0.15) is 0 Å². The fraction of sp³-hybridized carbons (Fsp3) is 0.556. The molecule has 1 aromatic rings. The Bertz CT molecular complexity index is 584. The predicted molar refractivity (Wildman–Crippen MR) is 96.8 cm³/mol. The average molecular weight is 337 g/mol. The van der Waals surface area contributed by atoms with Gasteiger partial charge in [0.05, 0.1) is 6.26 Å². The van der Waals surface area contributed by atoms with Gasteiger partial charge < -0.3 is 0 Å². The van der Waals surface area contributed by atoms with Gasteiger partial charge in [-0.1, -0.05) is 55.3 Å². The van der Waals surface area contributed by atoms with E-state index in [0.29, 0.717) is 12.6 Å². The molecule has 2 rings (SSSR count). The molecule has 4 nitrogen and oxygen atoms in total. The molecule has 1 aliphatic heterocycles. The summed E-state index contributed by atoms with van der Waals surface area (Å²) in [6.45, 7) is 2.56. The van der Waals surface area contributed by atoms with Gasteiger partial charge in [0.2, 0.25) is 10.0 Å². The third-order valence-electron chi connectivity index (χ3n) is 4.21. The molecule has 0 spiro atoms. The lowest BCUT2D eigenvalue weighted by atomic mass is 10.1. The van der Waals surface area contributed by atoms with Crippen molar-refractivity contribution >= 4 is 16.1 Å². The van der Waals surface area contributed by atoms with Crippen LogP contribution in [0.2, 0.25) is 0 Å². The number of sulfonamides is 1. The summed E-state index contributed by atoms with van der Waals surface area (Å²) < 4.78 is 24.8. The predicted octanol–water partition coefficient (Wildman–Crippen LogP) is 2.88. The van der Waals surface area contributed by atoms with Gasteiger partial charge in [-0.2, -0.15) is 0 Å². The second kappa shape index (κ2) is 9.21. The van der Waals surface area contributed by atoms with Gasteiger partial charge >= 0.3 is 0 Å². The van der Waals surface area contributed by atoms with Crippen LogP contribution in [0.5, 0.6) is 0 Å². The number of nitrogens with zero attached hydrogens (tertiary/aromatic N) is 1. The molecule has 1 N–H and O–H groups in total. The maximum absolute atomic E-state index is 11.1. The third-order valence-corrected chi connectivity index (χ3v) is 4.94. The Morgan fingerprint density at radius 2 is 2.00 bits per heavy atom. The van der Waals surface area contributed by atoms with Crippen molar-refractivity contribution in [2.24, 2.45) is 0 Å². The van der Waals surface area contributed by atoms with E-state index in [1.165, 1.54) is 37.5 Å². The Morgan fingerprint density at radius 1 is 1.22 bits per heavy atom. The molecule has 1 aliphatic rings. The Labute approximate surface area is 140 Å². The molecular weight excluding hydrogens is 308 g/mol. The number of likely N-dealkylation sites (tertiary alicyclic amines) is 1. The first-order chi connectivity index (χ1) is 11.0. The fourth-order valence-electron chi connectivity index (χ4n) is 3.02. The molecule has 0 saturated carbocycles. The van der Waals surface area contributed by atoms with Crippen LogP contribution < -0.4 is 4.72 Å². The number of benzene rings is 1. The second-order valence-electron chi connectivity index (χ2n) is 6.24. The first kappa shape index (κ1) is 18.2. The van der Waals surface area contributed by atoms with Crippen molar-refractivity contribution in [1.82, 2.24) is 9.62 Å². The highest BCUT2D eigenvalue weighted by molar-refractivity contribution is 7.88. The SMILES string of the molecule is CS(=O)(=O)NCCCN1CCCCCC1C=Cc1ccccc1. The average Bonchev–Trinajstić information content (AvgIpc) is 2.75. The first-order valence-electron chi connectivity index (χ1n) is 8.46. The van der Waals surface area contributed by atoms with Crippen molar-refractivity contribution in [3.05, 3.63) is 42.0 Å². The highest BCUT2D eigenvalue weighted by Crippen LogP contribution is 2.19. The molecule has 1 unspecified atom stereocenters. The standard InChI is InChI=1S/C18H28N2O2S/c1-23(21,22)19-14-8-16-20-15-7-3-6-11-18(20)13-12-17-9-4-2-5-10-17/h2,4-5,9-10,12-13,18-19H,3,6-8,11,14-16H2,1H3. The van der Waals surface area contributed by atoms with E-state index in [1.807, 2.05) is 6.07 Å². The lowest BCUT2D eigenvalue weighted by Gasteiger charge is -2.27. The van der Waals surface area contributed by atoms with Crippen molar-refractivity contribution in [3.63, 3.8) is 0 Å². The summed E-state index contributed by atoms with van der Waals surface area (Å²) >= 11 is 0. The summed E-state index contributed by atoms with van der Waals surface area (Å²) in [5, 5.41) is 0. The topological polar surface area (TPSA) is 49.4 Å². The quantitative estimate of drug-likeness (QED) is 0.779. The molecule has 1 atom stereocenters. The Hall–Kier alpha value is -1.17. The molecule has 0 aromatic heterocycles. The number of hydrogen-bond acceptors (Lipinski definition) is 3. The van der Waals surface area contributed by atoms with Crippen LogP contribution in [0.4, 0.5) is 0 Å². The van der Waals surface area contributed by atoms with Crippen LogP contribution in [-0.2, 0) is 10.0 Å². The molecular formula is C18H28N2O2S. The van der Waals surface area contributed by atoms with Gasteiger partial charge in [-0.15, -0.1) is 0 Å². The van der Waals surface area contributed by atoms with Gasteiger partial charge in [-0.3, -0.25) is 4.90 Å². The summed E-state index contributed by atoms with van der Waals surface area (Å²) in [6, 6.07) is 10.8. The summed E-state index contributed by atoms with van der Waals surface area (Å²) in [7, 11) is -3.08. The van der Waals surface area contributed by atoms with Crippen LogP contribution in [0, 0.1) is 0 Å². The molecule has 0 bridgehead atoms. The second-order valence-corrected chi connectivity index (χ2v) is 8.08. The minimum absolute atomic E-state index is 0.455.